The molecule has 108 valence electrons. The molecule has 5 heteroatoms. The minimum atomic E-state index is -1.11. The average Bonchev–Trinajstić information content (AvgIpc) is 2.98. The van der Waals surface area contributed by atoms with Crippen LogP contribution in [0.2, 0.25) is 0 Å². The number of carboxylic acid groups (broad SMARTS) is 1. The van der Waals surface area contributed by atoms with Crippen LogP contribution in [-0.2, 0) is 0 Å². The first-order chi connectivity index (χ1) is 9.65. The number of carboxylic acids is 1. The lowest BCUT2D eigenvalue weighted by molar-refractivity contribution is 0.0616. The third kappa shape index (κ3) is 2.99. The zero-order valence-electron chi connectivity index (χ0n) is 11.3. The average molecular weight is 277 g/mol. The molecule has 0 aromatic heterocycles. The number of carbonyl (C=O) groups is 2. The molecule has 0 saturated heterocycles. The van der Waals surface area contributed by atoms with Gasteiger partial charge in [0.05, 0.1) is 17.7 Å². The quantitative estimate of drug-likeness (QED) is 0.859. The van der Waals surface area contributed by atoms with Crippen LogP contribution in [0.25, 0.3) is 0 Å². The highest BCUT2D eigenvalue weighted by atomic mass is 16.4. The summed E-state index contributed by atoms with van der Waals surface area (Å²) in [4.78, 5) is 25.4. The first-order valence-corrected chi connectivity index (χ1v) is 6.89. The Morgan fingerprint density at radius 2 is 1.75 bits per heavy atom. The number of aliphatic hydroxyl groups excluding tert-OH is 1. The fraction of sp³-hybridized carbons (Fsp3) is 0.467. The minimum Gasteiger partial charge on any atom is -0.478 e. The summed E-state index contributed by atoms with van der Waals surface area (Å²) >= 11 is 0. The van der Waals surface area contributed by atoms with Gasteiger partial charge in [-0.3, -0.25) is 4.79 Å². The van der Waals surface area contributed by atoms with Gasteiger partial charge < -0.3 is 15.1 Å². The third-order valence-corrected chi connectivity index (χ3v) is 3.76. The standard InChI is InChI=1S/C15H19NO4/c17-10-9-16(11-5-1-2-6-11)14(18)12-7-3-4-8-13(12)15(19)20/h3-4,7-8,11,17H,1-2,5-6,9-10H2,(H,19,20). The highest BCUT2D eigenvalue weighted by Crippen LogP contribution is 2.25. The van der Waals surface area contributed by atoms with Gasteiger partial charge in [0.1, 0.15) is 0 Å². The van der Waals surface area contributed by atoms with Crippen LogP contribution in [0.5, 0.6) is 0 Å². The van der Waals surface area contributed by atoms with Crippen LogP contribution < -0.4 is 0 Å². The summed E-state index contributed by atoms with van der Waals surface area (Å²) in [6.45, 7) is 0.134. The van der Waals surface area contributed by atoms with Crippen molar-refractivity contribution in [2.45, 2.75) is 31.7 Å². The largest absolute Gasteiger partial charge is 0.478 e. The van der Waals surface area contributed by atoms with E-state index in [4.69, 9.17) is 5.11 Å². The highest BCUT2D eigenvalue weighted by Gasteiger charge is 2.29. The summed E-state index contributed by atoms with van der Waals surface area (Å²) in [5, 5.41) is 18.3. The lowest BCUT2D eigenvalue weighted by atomic mass is 10.0. The molecule has 20 heavy (non-hydrogen) atoms. The van der Waals surface area contributed by atoms with Crippen molar-refractivity contribution in [3.05, 3.63) is 35.4 Å². The number of carbonyl (C=O) groups excluding carboxylic acids is 1. The lowest BCUT2D eigenvalue weighted by Gasteiger charge is -2.28. The number of hydrogen-bond donors (Lipinski definition) is 2. The van der Waals surface area contributed by atoms with Crippen molar-refractivity contribution >= 4 is 11.9 Å². The molecule has 1 aliphatic rings. The van der Waals surface area contributed by atoms with Crippen molar-refractivity contribution in [1.82, 2.24) is 4.90 Å². The van der Waals surface area contributed by atoms with E-state index in [1.165, 1.54) is 12.1 Å². The number of nitrogens with zero attached hydrogens (tertiary/aromatic N) is 1. The lowest BCUT2D eigenvalue weighted by Crippen LogP contribution is -2.41. The van der Waals surface area contributed by atoms with E-state index >= 15 is 0 Å². The first kappa shape index (κ1) is 14.5. The van der Waals surface area contributed by atoms with Crippen molar-refractivity contribution in [2.24, 2.45) is 0 Å². The molecule has 0 aliphatic heterocycles. The maximum absolute atomic E-state index is 12.6. The molecule has 1 saturated carbocycles. The summed E-state index contributed by atoms with van der Waals surface area (Å²) in [6.07, 6.45) is 3.98. The van der Waals surface area contributed by atoms with Crippen molar-refractivity contribution in [2.75, 3.05) is 13.2 Å². The zero-order chi connectivity index (χ0) is 14.5. The van der Waals surface area contributed by atoms with E-state index in [0.717, 1.165) is 25.7 Å². The van der Waals surface area contributed by atoms with E-state index < -0.39 is 5.97 Å². The molecule has 2 N–H and O–H groups in total. The molecule has 2 rings (SSSR count). The van der Waals surface area contributed by atoms with Gasteiger partial charge in [0.2, 0.25) is 0 Å². The molecule has 0 spiro atoms. The molecular weight excluding hydrogens is 258 g/mol. The van der Waals surface area contributed by atoms with Gasteiger partial charge in [-0.05, 0) is 25.0 Å². The van der Waals surface area contributed by atoms with Crippen molar-refractivity contribution in [1.29, 1.82) is 0 Å². The second-order valence-electron chi connectivity index (χ2n) is 5.01. The molecule has 1 aromatic carbocycles. The fourth-order valence-electron chi connectivity index (χ4n) is 2.78. The van der Waals surface area contributed by atoms with Crippen molar-refractivity contribution in [3.63, 3.8) is 0 Å². The van der Waals surface area contributed by atoms with E-state index in [1.807, 2.05) is 0 Å². The predicted molar refractivity (Wildman–Crippen MR) is 73.8 cm³/mol. The smallest absolute Gasteiger partial charge is 0.336 e. The molecule has 1 fully saturated rings. The minimum absolute atomic E-state index is 0.0124. The maximum atomic E-state index is 12.6. The topological polar surface area (TPSA) is 77.8 Å². The normalized spacial score (nSPS) is 15.2. The molecule has 0 unspecified atom stereocenters. The molecule has 0 radical (unpaired) electrons. The Kier molecular flexibility index (Phi) is 4.74. The van der Waals surface area contributed by atoms with Crippen LogP contribution in [-0.4, -0.2) is 46.2 Å². The fourth-order valence-corrected chi connectivity index (χ4v) is 2.78. The van der Waals surface area contributed by atoms with Crippen LogP contribution in [0.15, 0.2) is 24.3 Å². The van der Waals surface area contributed by atoms with Crippen molar-refractivity contribution < 1.29 is 19.8 Å². The van der Waals surface area contributed by atoms with Crippen LogP contribution in [0.4, 0.5) is 0 Å². The molecule has 0 heterocycles. The molecule has 0 bridgehead atoms. The summed E-state index contributed by atoms with van der Waals surface area (Å²) in [5.74, 6) is -1.41. The van der Waals surface area contributed by atoms with Gasteiger partial charge in [-0.15, -0.1) is 0 Å². The molecule has 1 amide bonds. The molecular formula is C15H19NO4. The van der Waals surface area contributed by atoms with E-state index in [9.17, 15) is 14.7 Å². The maximum Gasteiger partial charge on any atom is 0.336 e. The summed E-state index contributed by atoms with van der Waals surface area (Å²) in [6, 6.07) is 6.33. The summed E-state index contributed by atoms with van der Waals surface area (Å²) < 4.78 is 0. The highest BCUT2D eigenvalue weighted by molar-refractivity contribution is 6.04. The monoisotopic (exact) mass is 277 g/mol. The number of rotatable bonds is 5. The number of amides is 1. The molecule has 0 atom stereocenters. The molecule has 5 nitrogen and oxygen atoms in total. The van der Waals surface area contributed by atoms with Gasteiger partial charge in [0.15, 0.2) is 0 Å². The second kappa shape index (κ2) is 6.52. The Bertz CT molecular complexity index is 494. The Labute approximate surface area is 117 Å². The van der Waals surface area contributed by atoms with Gasteiger partial charge in [-0.2, -0.15) is 0 Å². The van der Waals surface area contributed by atoms with E-state index in [2.05, 4.69) is 0 Å². The Balaban J connectivity index is 2.29. The van der Waals surface area contributed by atoms with Crippen LogP contribution in [0.1, 0.15) is 46.4 Å². The van der Waals surface area contributed by atoms with Gasteiger partial charge in [-0.1, -0.05) is 25.0 Å². The van der Waals surface area contributed by atoms with Crippen LogP contribution in [0, 0.1) is 0 Å². The molecule has 1 aliphatic carbocycles. The number of benzene rings is 1. The van der Waals surface area contributed by atoms with E-state index in [-0.39, 0.29) is 36.2 Å². The third-order valence-electron chi connectivity index (χ3n) is 3.76. The molecule has 1 aromatic rings. The Morgan fingerprint density at radius 1 is 1.15 bits per heavy atom. The predicted octanol–water partition coefficient (Wildman–Crippen LogP) is 1.76. The van der Waals surface area contributed by atoms with Crippen LogP contribution >= 0.6 is 0 Å². The van der Waals surface area contributed by atoms with Gasteiger partial charge in [0, 0.05) is 12.6 Å². The van der Waals surface area contributed by atoms with Gasteiger partial charge in [-0.25, -0.2) is 4.79 Å². The number of aromatic carboxylic acids is 1. The van der Waals surface area contributed by atoms with E-state index in [1.54, 1.807) is 17.0 Å². The SMILES string of the molecule is O=C(O)c1ccccc1C(=O)N(CCO)C1CCCC1. The number of aliphatic hydroxyl groups is 1. The van der Waals surface area contributed by atoms with Crippen molar-refractivity contribution in [3.8, 4) is 0 Å². The van der Waals surface area contributed by atoms with Crippen LogP contribution in [0.3, 0.4) is 0 Å². The van der Waals surface area contributed by atoms with E-state index in [0.29, 0.717) is 0 Å². The summed E-state index contributed by atoms with van der Waals surface area (Å²) in [7, 11) is 0. The van der Waals surface area contributed by atoms with Gasteiger partial charge in [0.25, 0.3) is 5.91 Å². The zero-order valence-corrected chi connectivity index (χ0v) is 11.3. The number of hydrogen-bond acceptors (Lipinski definition) is 3. The first-order valence-electron chi connectivity index (χ1n) is 6.89. The van der Waals surface area contributed by atoms with Gasteiger partial charge >= 0.3 is 5.97 Å². The Morgan fingerprint density at radius 3 is 2.30 bits per heavy atom. The summed E-state index contributed by atoms with van der Waals surface area (Å²) in [5.41, 5.74) is 0.207. The Hall–Kier alpha value is -1.88. The second-order valence-corrected chi connectivity index (χ2v) is 5.01.